The van der Waals surface area contributed by atoms with E-state index in [1.54, 1.807) is 19.1 Å². The lowest BCUT2D eigenvalue weighted by atomic mass is 10.0. The highest BCUT2D eigenvalue weighted by Gasteiger charge is 2.35. The van der Waals surface area contributed by atoms with Gasteiger partial charge in [0.25, 0.3) is 5.91 Å². The number of carbonyl (C=O) groups excluding carboxylic acids is 2. The van der Waals surface area contributed by atoms with Crippen LogP contribution in [0.2, 0.25) is 0 Å². The van der Waals surface area contributed by atoms with Gasteiger partial charge in [-0.2, -0.15) is 5.10 Å². The molecule has 0 fully saturated rings. The Balaban J connectivity index is 2.19. The number of rotatable bonds is 3. The molecular weight excluding hydrogens is 232 g/mol. The lowest BCUT2D eigenvalue weighted by molar-refractivity contribution is -0.142. The van der Waals surface area contributed by atoms with Gasteiger partial charge in [0, 0.05) is 5.71 Å². The second-order valence-corrected chi connectivity index (χ2v) is 4.06. The van der Waals surface area contributed by atoms with Gasteiger partial charge in [-0.3, -0.25) is 9.59 Å². The van der Waals surface area contributed by atoms with Crippen LogP contribution in [0, 0.1) is 5.92 Å². The van der Waals surface area contributed by atoms with Crippen LogP contribution < -0.4 is 5.01 Å². The number of benzene rings is 1. The van der Waals surface area contributed by atoms with E-state index < -0.39 is 11.9 Å². The van der Waals surface area contributed by atoms with Crippen LogP contribution in [0.5, 0.6) is 0 Å². The molecule has 1 aliphatic rings. The maximum Gasteiger partial charge on any atom is 0.306 e. The maximum atomic E-state index is 12.2. The number of carbonyl (C=O) groups is 2. The SMILES string of the molecule is COC(=O)C[C@@H]1C(=O)N(c2ccccc2)N=C1C. The summed E-state index contributed by atoms with van der Waals surface area (Å²) >= 11 is 0. The van der Waals surface area contributed by atoms with Crippen LogP contribution in [0.1, 0.15) is 13.3 Å². The molecule has 18 heavy (non-hydrogen) atoms. The Bertz CT molecular complexity index is 496. The zero-order valence-corrected chi connectivity index (χ0v) is 10.3. The van der Waals surface area contributed by atoms with Gasteiger partial charge in [0.2, 0.25) is 0 Å². The topological polar surface area (TPSA) is 59.0 Å². The Hall–Kier alpha value is -2.17. The summed E-state index contributed by atoms with van der Waals surface area (Å²) in [6.45, 7) is 1.74. The molecule has 0 aliphatic carbocycles. The van der Waals surface area contributed by atoms with E-state index in [4.69, 9.17) is 0 Å². The third-order valence-electron chi connectivity index (χ3n) is 2.87. The van der Waals surface area contributed by atoms with Gasteiger partial charge in [0.05, 0.1) is 25.1 Å². The minimum Gasteiger partial charge on any atom is -0.469 e. The molecule has 0 N–H and O–H groups in total. The third-order valence-corrected chi connectivity index (χ3v) is 2.87. The number of nitrogens with zero attached hydrogens (tertiary/aromatic N) is 2. The molecule has 0 bridgehead atoms. The summed E-state index contributed by atoms with van der Waals surface area (Å²) in [5.74, 6) is -1.11. The van der Waals surface area contributed by atoms with E-state index in [1.807, 2.05) is 18.2 Å². The summed E-state index contributed by atoms with van der Waals surface area (Å²) < 4.78 is 4.59. The molecule has 2 rings (SSSR count). The zero-order valence-electron chi connectivity index (χ0n) is 10.3. The number of para-hydroxylation sites is 1. The number of hydrogen-bond acceptors (Lipinski definition) is 4. The predicted octanol–water partition coefficient (Wildman–Crippen LogP) is 1.59. The standard InChI is InChI=1S/C13H14N2O3/c1-9-11(8-12(16)18-2)13(17)15(14-9)10-6-4-3-5-7-10/h3-7,11H,8H2,1-2H3/t11-/m0/s1. The van der Waals surface area contributed by atoms with E-state index in [1.165, 1.54) is 12.1 Å². The molecule has 1 aromatic rings. The molecule has 0 saturated heterocycles. The van der Waals surface area contributed by atoms with Gasteiger partial charge in [-0.1, -0.05) is 18.2 Å². The number of amides is 1. The average Bonchev–Trinajstić information content (AvgIpc) is 2.67. The van der Waals surface area contributed by atoms with Crippen LogP contribution in [0.25, 0.3) is 0 Å². The van der Waals surface area contributed by atoms with Gasteiger partial charge in [0.1, 0.15) is 0 Å². The normalized spacial score (nSPS) is 18.8. The summed E-state index contributed by atoms with van der Waals surface area (Å²) in [6.07, 6.45) is 0.0357. The van der Waals surface area contributed by atoms with Gasteiger partial charge in [-0.25, -0.2) is 5.01 Å². The third kappa shape index (κ3) is 2.25. The molecule has 0 radical (unpaired) electrons. The highest BCUT2D eigenvalue weighted by atomic mass is 16.5. The largest absolute Gasteiger partial charge is 0.469 e. The molecule has 0 spiro atoms. The van der Waals surface area contributed by atoms with Crippen molar-refractivity contribution in [3.63, 3.8) is 0 Å². The van der Waals surface area contributed by atoms with Crippen LogP contribution in [-0.2, 0) is 14.3 Å². The first-order chi connectivity index (χ1) is 8.63. The van der Waals surface area contributed by atoms with Crippen molar-refractivity contribution in [3.05, 3.63) is 30.3 Å². The van der Waals surface area contributed by atoms with Crippen LogP contribution in [0.3, 0.4) is 0 Å². The first-order valence-corrected chi connectivity index (χ1v) is 5.64. The summed E-state index contributed by atoms with van der Waals surface area (Å²) in [7, 11) is 1.31. The van der Waals surface area contributed by atoms with Gasteiger partial charge < -0.3 is 4.74 Å². The maximum absolute atomic E-state index is 12.2. The van der Waals surface area contributed by atoms with E-state index >= 15 is 0 Å². The number of hydrazone groups is 1. The molecule has 0 unspecified atom stereocenters. The van der Waals surface area contributed by atoms with E-state index in [-0.39, 0.29) is 12.3 Å². The van der Waals surface area contributed by atoms with Crippen molar-refractivity contribution in [2.24, 2.45) is 11.0 Å². The van der Waals surface area contributed by atoms with Crippen molar-refractivity contribution in [2.45, 2.75) is 13.3 Å². The van der Waals surface area contributed by atoms with E-state index in [0.29, 0.717) is 11.4 Å². The summed E-state index contributed by atoms with van der Waals surface area (Å²) in [5.41, 5.74) is 1.34. The molecule has 0 saturated carbocycles. The Morgan fingerprint density at radius 3 is 2.67 bits per heavy atom. The van der Waals surface area contributed by atoms with E-state index in [2.05, 4.69) is 9.84 Å². The summed E-state index contributed by atoms with van der Waals surface area (Å²) in [5, 5.41) is 5.54. The lowest BCUT2D eigenvalue weighted by Crippen LogP contribution is -2.29. The molecule has 1 aliphatic heterocycles. The van der Waals surface area contributed by atoms with Crippen molar-refractivity contribution in [2.75, 3.05) is 12.1 Å². The number of anilines is 1. The smallest absolute Gasteiger partial charge is 0.306 e. The second-order valence-electron chi connectivity index (χ2n) is 4.06. The second kappa shape index (κ2) is 5.00. The van der Waals surface area contributed by atoms with Gasteiger partial charge in [0.15, 0.2) is 0 Å². The molecule has 5 nitrogen and oxygen atoms in total. The lowest BCUT2D eigenvalue weighted by Gasteiger charge is -2.13. The van der Waals surface area contributed by atoms with Crippen LogP contribution in [-0.4, -0.2) is 24.7 Å². The molecule has 1 atom stereocenters. The molecule has 1 amide bonds. The Morgan fingerprint density at radius 2 is 2.06 bits per heavy atom. The summed E-state index contributed by atoms with van der Waals surface area (Å²) in [6, 6.07) is 9.14. The summed E-state index contributed by atoms with van der Waals surface area (Å²) in [4.78, 5) is 23.4. The minimum absolute atomic E-state index is 0.0357. The minimum atomic E-state index is -0.516. The number of ether oxygens (including phenoxy) is 1. The van der Waals surface area contributed by atoms with Crippen LogP contribution in [0.15, 0.2) is 35.4 Å². The Labute approximate surface area is 105 Å². The van der Waals surface area contributed by atoms with Crippen molar-refractivity contribution >= 4 is 23.3 Å². The van der Waals surface area contributed by atoms with E-state index in [9.17, 15) is 9.59 Å². The van der Waals surface area contributed by atoms with Gasteiger partial charge >= 0.3 is 5.97 Å². The molecule has 1 heterocycles. The molecule has 5 heteroatoms. The van der Waals surface area contributed by atoms with Gasteiger partial charge in [-0.05, 0) is 19.1 Å². The number of methoxy groups -OCH3 is 1. The molecule has 1 aromatic carbocycles. The predicted molar refractivity (Wildman–Crippen MR) is 67.2 cm³/mol. The zero-order chi connectivity index (χ0) is 13.1. The Morgan fingerprint density at radius 1 is 1.39 bits per heavy atom. The van der Waals surface area contributed by atoms with E-state index in [0.717, 1.165) is 0 Å². The monoisotopic (exact) mass is 246 g/mol. The van der Waals surface area contributed by atoms with Crippen molar-refractivity contribution in [1.29, 1.82) is 0 Å². The quantitative estimate of drug-likeness (QED) is 0.761. The molecule has 94 valence electrons. The van der Waals surface area contributed by atoms with Gasteiger partial charge in [-0.15, -0.1) is 0 Å². The van der Waals surface area contributed by atoms with Crippen molar-refractivity contribution in [1.82, 2.24) is 0 Å². The highest BCUT2D eigenvalue weighted by Crippen LogP contribution is 2.25. The fourth-order valence-electron chi connectivity index (χ4n) is 1.84. The van der Waals surface area contributed by atoms with Crippen LogP contribution in [0.4, 0.5) is 5.69 Å². The fourth-order valence-corrected chi connectivity index (χ4v) is 1.84. The average molecular weight is 246 g/mol. The molecule has 0 aromatic heterocycles. The van der Waals surface area contributed by atoms with Crippen LogP contribution >= 0.6 is 0 Å². The first kappa shape index (κ1) is 12.3. The Kier molecular flexibility index (Phi) is 3.41. The fraction of sp³-hybridized carbons (Fsp3) is 0.308. The van der Waals surface area contributed by atoms with Crippen molar-refractivity contribution < 1.29 is 14.3 Å². The first-order valence-electron chi connectivity index (χ1n) is 5.64. The van der Waals surface area contributed by atoms with Crippen molar-refractivity contribution in [3.8, 4) is 0 Å². The highest BCUT2D eigenvalue weighted by molar-refractivity contribution is 6.16. The number of hydrogen-bond donors (Lipinski definition) is 0. The molecular formula is C13H14N2O3. The number of esters is 1.